The molecule has 0 aliphatic rings. The largest absolute Gasteiger partial charge is 0.480 e. The van der Waals surface area contributed by atoms with E-state index in [4.69, 9.17) is 21.2 Å². The molecule has 0 aliphatic heterocycles. The number of carboxylic acid groups (broad SMARTS) is 1. The van der Waals surface area contributed by atoms with Crippen molar-refractivity contribution in [3.05, 3.63) is 40.6 Å². The van der Waals surface area contributed by atoms with Gasteiger partial charge in [0.15, 0.2) is 0 Å². The van der Waals surface area contributed by atoms with Crippen molar-refractivity contribution in [2.24, 2.45) is 0 Å². The summed E-state index contributed by atoms with van der Waals surface area (Å²) in [5.41, 5.74) is 1.07. The molecule has 1 heterocycles. The average Bonchev–Trinajstić information content (AvgIpc) is 2.86. The highest BCUT2D eigenvalue weighted by molar-refractivity contribution is 6.33. The molecule has 1 amide bonds. The summed E-state index contributed by atoms with van der Waals surface area (Å²) in [6.07, 6.45) is 0. The van der Waals surface area contributed by atoms with E-state index in [1.807, 2.05) is 0 Å². The number of benzene rings is 1. The van der Waals surface area contributed by atoms with E-state index in [0.717, 1.165) is 4.90 Å². The highest BCUT2D eigenvalue weighted by atomic mass is 35.5. The molecule has 6 nitrogen and oxygen atoms in total. The Hall–Kier alpha value is -2.34. The van der Waals surface area contributed by atoms with Crippen molar-refractivity contribution < 1.29 is 19.2 Å². The number of halogens is 1. The second kappa shape index (κ2) is 6.19. The van der Waals surface area contributed by atoms with E-state index in [2.05, 4.69) is 5.16 Å². The molecular formula is C15H15ClN2O4. The van der Waals surface area contributed by atoms with Gasteiger partial charge in [-0.15, -0.1) is 0 Å². The molecule has 1 aromatic heterocycles. The second-order valence-electron chi connectivity index (χ2n) is 4.87. The minimum Gasteiger partial charge on any atom is -0.480 e. The SMILES string of the molecule is Cc1onc(-c2ccccc2Cl)c1C(=O)N(C)C(C)C(=O)O. The van der Waals surface area contributed by atoms with Crippen LogP contribution in [-0.4, -0.2) is 40.1 Å². The molecule has 0 spiro atoms. The van der Waals surface area contributed by atoms with Crippen LogP contribution >= 0.6 is 11.6 Å². The molecule has 1 atom stereocenters. The summed E-state index contributed by atoms with van der Waals surface area (Å²) >= 11 is 6.14. The Morgan fingerprint density at radius 1 is 1.36 bits per heavy atom. The molecule has 7 heteroatoms. The quantitative estimate of drug-likeness (QED) is 0.935. The Kier molecular flexibility index (Phi) is 4.51. The molecule has 2 rings (SSSR count). The van der Waals surface area contributed by atoms with Gasteiger partial charge in [0.2, 0.25) is 0 Å². The molecule has 0 fully saturated rings. The number of likely N-dealkylation sites (N-methyl/N-ethyl adjacent to an activating group) is 1. The minimum atomic E-state index is -1.09. The summed E-state index contributed by atoms with van der Waals surface area (Å²) < 4.78 is 5.11. The Bertz CT molecular complexity index is 726. The lowest BCUT2D eigenvalue weighted by atomic mass is 10.0. The highest BCUT2D eigenvalue weighted by Gasteiger charge is 2.29. The Balaban J connectivity index is 2.49. The van der Waals surface area contributed by atoms with Gasteiger partial charge in [-0.05, 0) is 19.9 Å². The van der Waals surface area contributed by atoms with E-state index in [0.29, 0.717) is 22.0 Å². The van der Waals surface area contributed by atoms with Crippen LogP contribution in [0.15, 0.2) is 28.8 Å². The van der Waals surface area contributed by atoms with Crippen LogP contribution in [0, 0.1) is 6.92 Å². The number of rotatable bonds is 4. The van der Waals surface area contributed by atoms with Gasteiger partial charge in [-0.3, -0.25) is 4.79 Å². The topological polar surface area (TPSA) is 83.6 Å². The third-order valence-electron chi connectivity index (χ3n) is 3.46. The maximum atomic E-state index is 12.6. The molecule has 116 valence electrons. The molecular weight excluding hydrogens is 308 g/mol. The molecule has 0 bridgehead atoms. The number of aromatic nitrogens is 1. The molecule has 1 aromatic carbocycles. The lowest BCUT2D eigenvalue weighted by Crippen LogP contribution is -2.40. The van der Waals surface area contributed by atoms with Crippen molar-refractivity contribution in [1.29, 1.82) is 0 Å². The average molecular weight is 323 g/mol. The molecule has 2 aromatic rings. The first-order chi connectivity index (χ1) is 10.3. The van der Waals surface area contributed by atoms with Gasteiger partial charge in [-0.2, -0.15) is 0 Å². The molecule has 0 aliphatic carbocycles. The van der Waals surface area contributed by atoms with Gasteiger partial charge in [0, 0.05) is 12.6 Å². The third kappa shape index (κ3) is 2.82. The van der Waals surface area contributed by atoms with Crippen LogP contribution < -0.4 is 0 Å². The molecule has 1 unspecified atom stereocenters. The lowest BCUT2D eigenvalue weighted by molar-refractivity contribution is -0.141. The zero-order chi connectivity index (χ0) is 16.4. The molecule has 0 saturated heterocycles. The first kappa shape index (κ1) is 16.0. The second-order valence-corrected chi connectivity index (χ2v) is 5.28. The number of nitrogens with zero attached hydrogens (tertiary/aromatic N) is 2. The van der Waals surface area contributed by atoms with Crippen LogP contribution in [0.3, 0.4) is 0 Å². The summed E-state index contributed by atoms with van der Waals surface area (Å²) in [5, 5.41) is 13.4. The van der Waals surface area contributed by atoms with Gasteiger partial charge in [-0.1, -0.05) is 35.0 Å². The van der Waals surface area contributed by atoms with E-state index in [1.54, 1.807) is 31.2 Å². The van der Waals surface area contributed by atoms with Gasteiger partial charge in [0.25, 0.3) is 5.91 Å². The van der Waals surface area contributed by atoms with Crippen LogP contribution in [-0.2, 0) is 4.79 Å². The van der Waals surface area contributed by atoms with Crippen molar-refractivity contribution in [3.63, 3.8) is 0 Å². The fraction of sp³-hybridized carbons (Fsp3) is 0.267. The van der Waals surface area contributed by atoms with Gasteiger partial charge in [-0.25, -0.2) is 4.79 Å². The van der Waals surface area contributed by atoms with Gasteiger partial charge in [0.05, 0.1) is 5.02 Å². The van der Waals surface area contributed by atoms with Gasteiger partial charge < -0.3 is 14.5 Å². The lowest BCUT2D eigenvalue weighted by Gasteiger charge is -2.21. The maximum Gasteiger partial charge on any atom is 0.326 e. The van der Waals surface area contributed by atoms with Crippen molar-refractivity contribution >= 4 is 23.5 Å². The first-order valence-corrected chi connectivity index (χ1v) is 6.93. The van der Waals surface area contributed by atoms with Crippen LogP contribution in [0.25, 0.3) is 11.3 Å². The van der Waals surface area contributed by atoms with Crippen molar-refractivity contribution in [1.82, 2.24) is 10.1 Å². The van der Waals surface area contributed by atoms with E-state index in [9.17, 15) is 9.59 Å². The first-order valence-electron chi connectivity index (χ1n) is 6.55. The third-order valence-corrected chi connectivity index (χ3v) is 3.79. The smallest absolute Gasteiger partial charge is 0.326 e. The van der Waals surface area contributed by atoms with E-state index in [-0.39, 0.29) is 5.56 Å². The van der Waals surface area contributed by atoms with Gasteiger partial charge in [0.1, 0.15) is 23.1 Å². The number of aryl methyl sites for hydroxylation is 1. The highest BCUT2D eigenvalue weighted by Crippen LogP contribution is 2.31. The van der Waals surface area contributed by atoms with Crippen LogP contribution in [0.2, 0.25) is 5.02 Å². The number of carbonyl (C=O) groups is 2. The van der Waals surface area contributed by atoms with E-state index in [1.165, 1.54) is 14.0 Å². The van der Waals surface area contributed by atoms with Crippen LogP contribution in [0.4, 0.5) is 0 Å². The van der Waals surface area contributed by atoms with Gasteiger partial charge >= 0.3 is 5.97 Å². The van der Waals surface area contributed by atoms with Crippen LogP contribution in [0.1, 0.15) is 23.0 Å². The summed E-state index contributed by atoms with van der Waals surface area (Å²) in [4.78, 5) is 24.8. The monoisotopic (exact) mass is 322 g/mol. The van der Waals surface area contributed by atoms with E-state index >= 15 is 0 Å². The predicted octanol–water partition coefficient (Wildman–Crippen LogP) is 2.85. The zero-order valence-electron chi connectivity index (χ0n) is 12.3. The number of carbonyl (C=O) groups excluding carboxylic acids is 1. The summed E-state index contributed by atoms with van der Waals surface area (Å²) in [6, 6.07) is 5.96. The van der Waals surface area contributed by atoms with Crippen molar-refractivity contribution in [2.45, 2.75) is 19.9 Å². The maximum absolute atomic E-state index is 12.6. The molecule has 22 heavy (non-hydrogen) atoms. The number of carboxylic acids is 1. The fourth-order valence-electron chi connectivity index (χ4n) is 1.98. The fourth-order valence-corrected chi connectivity index (χ4v) is 2.20. The van der Waals surface area contributed by atoms with E-state index < -0.39 is 17.9 Å². The van der Waals surface area contributed by atoms with Crippen molar-refractivity contribution in [3.8, 4) is 11.3 Å². The Labute approximate surface area is 132 Å². The zero-order valence-corrected chi connectivity index (χ0v) is 13.1. The summed E-state index contributed by atoms with van der Waals surface area (Å²) in [7, 11) is 1.42. The molecule has 1 N–H and O–H groups in total. The number of hydrogen-bond acceptors (Lipinski definition) is 4. The molecule has 0 saturated carbocycles. The number of amides is 1. The predicted molar refractivity (Wildman–Crippen MR) is 80.9 cm³/mol. The van der Waals surface area contributed by atoms with Crippen LogP contribution in [0.5, 0.6) is 0 Å². The minimum absolute atomic E-state index is 0.212. The van der Waals surface area contributed by atoms with Crippen molar-refractivity contribution in [2.75, 3.05) is 7.05 Å². The number of aliphatic carboxylic acids is 1. The summed E-state index contributed by atoms with van der Waals surface area (Å²) in [5.74, 6) is -1.27. The Morgan fingerprint density at radius 3 is 2.59 bits per heavy atom. The molecule has 0 radical (unpaired) electrons. The number of hydrogen-bond donors (Lipinski definition) is 1. The normalized spacial score (nSPS) is 12.0. The summed E-state index contributed by atoms with van der Waals surface area (Å²) in [6.45, 7) is 3.03. The standard InChI is InChI=1S/C15H15ClN2O4/c1-8(15(20)21)18(3)14(19)12-9(2)22-17-13(12)10-6-4-5-7-11(10)16/h4-8H,1-3H3,(H,20,21). The Morgan fingerprint density at radius 2 is 2.00 bits per heavy atom.